The fourth-order valence-electron chi connectivity index (χ4n) is 3.39. The number of hydrogen-bond acceptors (Lipinski definition) is 5. The van der Waals surface area contributed by atoms with Gasteiger partial charge >= 0.3 is 0 Å². The molecule has 1 fully saturated rings. The molecule has 28 heavy (non-hydrogen) atoms. The van der Waals surface area contributed by atoms with Gasteiger partial charge in [0.05, 0.1) is 27.3 Å². The van der Waals surface area contributed by atoms with Gasteiger partial charge in [-0.15, -0.1) is 0 Å². The molecule has 7 nitrogen and oxygen atoms in total. The predicted molar refractivity (Wildman–Crippen MR) is 104 cm³/mol. The minimum absolute atomic E-state index is 0.0580. The van der Waals surface area contributed by atoms with Gasteiger partial charge in [0.25, 0.3) is 0 Å². The van der Waals surface area contributed by atoms with Crippen LogP contribution in [0.2, 0.25) is 0 Å². The van der Waals surface area contributed by atoms with E-state index in [9.17, 15) is 9.59 Å². The summed E-state index contributed by atoms with van der Waals surface area (Å²) >= 11 is 0. The van der Waals surface area contributed by atoms with Crippen LogP contribution in [0.5, 0.6) is 11.5 Å². The number of rotatable bonds is 7. The second-order valence-corrected chi connectivity index (χ2v) is 6.69. The summed E-state index contributed by atoms with van der Waals surface area (Å²) in [5, 5.41) is 0. The SMILES string of the molecule is COc1ccnc(CN2C(=O)CN(CCc3ccccc3)C(=O)[C@@H]2C)c1OC. The average Bonchev–Trinajstić information content (AvgIpc) is 2.73. The number of benzene rings is 1. The molecule has 2 amide bonds. The number of nitrogens with zero attached hydrogens (tertiary/aromatic N) is 3. The summed E-state index contributed by atoms with van der Waals surface area (Å²) in [6, 6.07) is 11.1. The van der Waals surface area contributed by atoms with E-state index in [4.69, 9.17) is 9.47 Å². The number of carbonyl (C=O) groups excluding carboxylic acids is 2. The molecule has 0 saturated carbocycles. The lowest BCUT2D eigenvalue weighted by Crippen LogP contribution is -2.58. The first-order valence-electron chi connectivity index (χ1n) is 9.23. The van der Waals surface area contributed by atoms with Crippen LogP contribution in [0.25, 0.3) is 0 Å². The molecule has 3 rings (SSSR count). The van der Waals surface area contributed by atoms with Gasteiger partial charge in [-0.2, -0.15) is 0 Å². The second kappa shape index (κ2) is 8.73. The van der Waals surface area contributed by atoms with Gasteiger partial charge in [-0.25, -0.2) is 0 Å². The van der Waals surface area contributed by atoms with Crippen LogP contribution in [0.15, 0.2) is 42.6 Å². The fourth-order valence-corrected chi connectivity index (χ4v) is 3.39. The topological polar surface area (TPSA) is 72.0 Å². The summed E-state index contributed by atoms with van der Waals surface area (Å²) in [4.78, 5) is 33.1. The van der Waals surface area contributed by atoms with Crippen molar-refractivity contribution in [3.8, 4) is 11.5 Å². The van der Waals surface area contributed by atoms with Crippen LogP contribution in [-0.2, 0) is 22.6 Å². The van der Waals surface area contributed by atoms with Crippen molar-refractivity contribution in [2.75, 3.05) is 27.3 Å². The predicted octanol–water partition coefficient (Wildman–Crippen LogP) is 1.90. The zero-order valence-corrected chi connectivity index (χ0v) is 16.4. The molecule has 0 unspecified atom stereocenters. The maximum absolute atomic E-state index is 12.8. The molecule has 1 atom stereocenters. The Morgan fingerprint density at radius 1 is 1.11 bits per heavy atom. The van der Waals surface area contributed by atoms with Gasteiger partial charge < -0.3 is 19.3 Å². The average molecular weight is 383 g/mol. The number of amides is 2. The third-order valence-corrected chi connectivity index (χ3v) is 4.98. The summed E-state index contributed by atoms with van der Waals surface area (Å²) in [7, 11) is 3.07. The second-order valence-electron chi connectivity index (χ2n) is 6.69. The Kier molecular flexibility index (Phi) is 6.13. The number of methoxy groups -OCH3 is 2. The van der Waals surface area contributed by atoms with Crippen molar-refractivity contribution in [2.24, 2.45) is 0 Å². The molecule has 2 heterocycles. The van der Waals surface area contributed by atoms with Crippen LogP contribution < -0.4 is 9.47 Å². The number of pyridine rings is 1. The van der Waals surface area contributed by atoms with Gasteiger partial charge in [0.15, 0.2) is 11.5 Å². The molecular weight excluding hydrogens is 358 g/mol. The first-order chi connectivity index (χ1) is 13.5. The maximum Gasteiger partial charge on any atom is 0.245 e. The summed E-state index contributed by atoms with van der Waals surface area (Å²) in [6.45, 7) is 2.54. The van der Waals surface area contributed by atoms with Crippen molar-refractivity contribution < 1.29 is 19.1 Å². The largest absolute Gasteiger partial charge is 0.493 e. The Morgan fingerprint density at radius 2 is 1.86 bits per heavy atom. The molecule has 1 aliphatic heterocycles. The summed E-state index contributed by atoms with van der Waals surface area (Å²) in [5.41, 5.74) is 1.70. The summed E-state index contributed by atoms with van der Waals surface area (Å²) < 4.78 is 10.7. The van der Waals surface area contributed by atoms with E-state index in [0.717, 1.165) is 12.0 Å². The molecule has 0 radical (unpaired) electrons. The van der Waals surface area contributed by atoms with Crippen molar-refractivity contribution in [3.63, 3.8) is 0 Å². The fraction of sp³-hybridized carbons (Fsp3) is 0.381. The Balaban J connectivity index is 1.71. The molecule has 1 saturated heterocycles. The number of aromatic nitrogens is 1. The van der Waals surface area contributed by atoms with Gasteiger partial charge in [-0.3, -0.25) is 14.6 Å². The van der Waals surface area contributed by atoms with E-state index in [2.05, 4.69) is 4.98 Å². The lowest BCUT2D eigenvalue weighted by Gasteiger charge is -2.38. The minimum Gasteiger partial charge on any atom is -0.493 e. The highest BCUT2D eigenvalue weighted by Gasteiger charge is 2.37. The number of piperazine rings is 1. The Hall–Kier alpha value is -3.09. The first kappa shape index (κ1) is 19.7. The van der Waals surface area contributed by atoms with Crippen molar-refractivity contribution in [3.05, 3.63) is 53.9 Å². The minimum atomic E-state index is -0.560. The summed E-state index contributed by atoms with van der Waals surface area (Å²) in [6.07, 6.45) is 2.32. The van der Waals surface area contributed by atoms with E-state index in [1.54, 1.807) is 36.1 Å². The normalized spacial score (nSPS) is 17.0. The zero-order valence-electron chi connectivity index (χ0n) is 16.4. The Morgan fingerprint density at radius 3 is 2.54 bits per heavy atom. The van der Waals surface area contributed by atoms with E-state index in [1.165, 1.54) is 7.11 Å². The van der Waals surface area contributed by atoms with Crippen LogP contribution in [0, 0.1) is 0 Å². The highest BCUT2D eigenvalue weighted by molar-refractivity contribution is 5.94. The van der Waals surface area contributed by atoms with E-state index in [1.807, 2.05) is 30.3 Å². The van der Waals surface area contributed by atoms with Crippen LogP contribution in [0.3, 0.4) is 0 Å². The van der Waals surface area contributed by atoms with Crippen molar-refractivity contribution in [2.45, 2.75) is 25.9 Å². The molecule has 0 N–H and O–H groups in total. The van der Waals surface area contributed by atoms with E-state index < -0.39 is 6.04 Å². The molecule has 0 aliphatic carbocycles. The lowest BCUT2D eigenvalue weighted by molar-refractivity contribution is -0.155. The third-order valence-electron chi connectivity index (χ3n) is 4.98. The molecule has 0 bridgehead atoms. The monoisotopic (exact) mass is 383 g/mol. The van der Waals surface area contributed by atoms with Gasteiger partial charge in [0.2, 0.25) is 11.8 Å². The standard InChI is InChI=1S/C21H25N3O4/c1-15-21(26)23(12-10-16-7-5-4-6-8-16)14-19(25)24(15)13-17-20(28-3)18(27-2)9-11-22-17/h4-9,11,15H,10,12-14H2,1-3H3/t15-/m0/s1. The highest BCUT2D eigenvalue weighted by atomic mass is 16.5. The third kappa shape index (κ3) is 4.08. The highest BCUT2D eigenvalue weighted by Crippen LogP contribution is 2.30. The molecular formula is C21H25N3O4. The Bertz CT molecular complexity index is 841. The number of carbonyl (C=O) groups is 2. The van der Waals surface area contributed by atoms with Crippen molar-refractivity contribution in [1.82, 2.24) is 14.8 Å². The Labute approximate surface area is 164 Å². The first-order valence-corrected chi connectivity index (χ1v) is 9.23. The molecule has 2 aromatic rings. The summed E-state index contributed by atoms with van der Waals surface area (Å²) in [5.74, 6) is 0.855. The van der Waals surface area contributed by atoms with Crippen LogP contribution >= 0.6 is 0 Å². The zero-order chi connectivity index (χ0) is 20.1. The molecule has 7 heteroatoms. The number of hydrogen-bond donors (Lipinski definition) is 0. The van der Waals surface area contributed by atoms with E-state index in [0.29, 0.717) is 23.7 Å². The molecule has 1 aliphatic rings. The van der Waals surface area contributed by atoms with Crippen molar-refractivity contribution in [1.29, 1.82) is 0 Å². The van der Waals surface area contributed by atoms with Crippen molar-refractivity contribution >= 4 is 11.8 Å². The van der Waals surface area contributed by atoms with E-state index >= 15 is 0 Å². The lowest BCUT2D eigenvalue weighted by atomic mass is 10.1. The van der Waals surface area contributed by atoms with Crippen LogP contribution in [0.1, 0.15) is 18.2 Å². The van der Waals surface area contributed by atoms with Crippen LogP contribution in [-0.4, -0.2) is 59.9 Å². The van der Waals surface area contributed by atoms with Gasteiger partial charge in [-0.1, -0.05) is 30.3 Å². The smallest absolute Gasteiger partial charge is 0.245 e. The van der Waals surface area contributed by atoms with Gasteiger partial charge in [0, 0.05) is 18.8 Å². The van der Waals surface area contributed by atoms with Gasteiger partial charge in [0.1, 0.15) is 11.7 Å². The molecule has 1 aromatic carbocycles. The number of ether oxygens (including phenoxy) is 2. The quantitative estimate of drug-likeness (QED) is 0.730. The van der Waals surface area contributed by atoms with Crippen LogP contribution in [0.4, 0.5) is 0 Å². The van der Waals surface area contributed by atoms with E-state index in [-0.39, 0.29) is 24.9 Å². The molecule has 1 aromatic heterocycles. The molecule has 0 spiro atoms. The molecule has 148 valence electrons. The maximum atomic E-state index is 12.8. The van der Waals surface area contributed by atoms with Gasteiger partial charge in [-0.05, 0) is 18.9 Å².